The fourth-order valence-electron chi connectivity index (χ4n) is 2.04. The highest BCUT2D eigenvalue weighted by atomic mass is 32.2. The van der Waals surface area contributed by atoms with Gasteiger partial charge < -0.3 is 11.5 Å². The van der Waals surface area contributed by atoms with Gasteiger partial charge in [0.1, 0.15) is 17.5 Å². The molecule has 0 aliphatic heterocycles. The van der Waals surface area contributed by atoms with Crippen LogP contribution in [0.25, 0.3) is 11.3 Å². The number of aromatic nitrogens is 2. The predicted molar refractivity (Wildman–Crippen MR) is 87.2 cm³/mol. The van der Waals surface area contributed by atoms with Crippen molar-refractivity contribution in [2.24, 2.45) is 0 Å². The number of benzene rings is 1. The molecule has 0 amide bonds. The quantitative estimate of drug-likeness (QED) is 0.756. The molecule has 0 unspecified atom stereocenters. The van der Waals surface area contributed by atoms with Crippen LogP contribution in [0.4, 0.5) is 11.8 Å². The molecule has 2 rings (SSSR count). The molecule has 1 aromatic carbocycles. The zero-order valence-corrected chi connectivity index (χ0v) is 14.3. The number of anilines is 2. The Bertz CT molecular complexity index is 1090. The van der Waals surface area contributed by atoms with Crippen molar-refractivity contribution in [2.45, 2.75) is 9.79 Å². The maximum absolute atomic E-state index is 12.1. The van der Waals surface area contributed by atoms with E-state index in [1.165, 1.54) is 12.1 Å². The van der Waals surface area contributed by atoms with Crippen molar-refractivity contribution in [3.63, 3.8) is 0 Å². The molecule has 4 N–H and O–H groups in total. The SMILES string of the molecule is CS(=O)(=O)c1ccc(-c2nc(N)nc(N)c2C#N)c(S(C)(=O)=O)c1. The lowest BCUT2D eigenvalue weighted by Gasteiger charge is -2.12. The highest BCUT2D eigenvalue weighted by Gasteiger charge is 2.23. The van der Waals surface area contributed by atoms with Crippen molar-refractivity contribution in [3.8, 4) is 17.3 Å². The third kappa shape index (κ3) is 3.29. The van der Waals surface area contributed by atoms with Gasteiger partial charge in [-0.15, -0.1) is 0 Å². The molecule has 11 heteroatoms. The van der Waals surface area contributed by atoms with Gasteiger partial charge in [0.2, 0.25) is 5.95 Å². The number of rotatable bonds is 3. The fraction of sp³-hybridized carbons (Fsp3) is 0.154. The molecule has 1 aromatic heterocycles. The number of nitrogens with two attached hydrogens (primary N) is 2. The maximum atomic E-state index is 12.1. The Labute approximate surface area is 138 Å². The third-order valence-corrected chi connectivity index (χ3v) is 5.35. The Morgan fingerprint density at radius 3 is 2.17 bits per heavy atom. The normalized spacial score (nSPS) is 11.9. The molecular formula is C13H13N5O4S2. The number of nitriles is 1. The molecular weight excluding hydrogens is 354 g/mol. The van der Waals surface area contributed by atoms with Crippen LogP contribution in [0.2, 0.25) is 0 Å². The molecule has 0 saturated carbocycles. The molecule has 24 heavy (non-hydrogen) atoms. The summed E-state index contributed by atoms with van der Waals surface area (Å²) >= 11 is 0. The van der Waals surface area contributed by atoms with Crippen LogP contribution in [0.3, 0.4) is 0 Å². The largest absolute Gasteiger partial charge is 0.382 e. The summed E-state index contributed by atoms with van der Waals surface area (Å²) in [5.41, 5.74) is 10.9. The first-order chi connectivity index (χ1) is 10.9. The molecule has 0 aliphatic rings. The van der Waals surface area contributed by atoms with Gasteiger partial charge in [0.15, 0.2) is 19.7 Å². The Morgan fingerprint density at radius 1 is 1.04 bits per heavy atom. The smallest absolute Gasteiger partial charge is 0.222 e. The molecule has 0 fully saturated rings. The lowest BCUT2D eigenvalue weighted by molar-refractivity contribution is 0.600. The first-order valence-electron chi connectivity index (χ1n) is 6.32. The van der Waals surface area contributed by atoms with Crippen LogP contribution in [0.15, 0.2) is 28.0 Å². The molecule has 0 saturated heterocycles. The van der Waals surface area contributed by atoms with E-state index in [-0.39, 0.29) is 38.4 Å². The molecule has 0 radical (unpaired) electrons. The minimum absolute atomic E-state index is 0.0160. The summed E-state index contributed by atoms with van der Waals surface area (Å²) in [7, 11) is -7.46. The lowest BCUT2D eigenvalue weighted by atomic mass is 10.1. The Hall–Kier alpha value is -2.71. The Morgan fingerprint density at radius 2 is 1.67 bits per heavy atom. The van der Waals surface area contributed by atoms with Crippen LogP contribution in [0, 0.1) is 11.3 Å². The van der Waals surface area contributed by atoms with Gasteiger partial charge in [-0.1, -0.05) is 6.07 Å². The van der Waals surface area contributed by atoms with Gasteiger partial charge >= 0.3 is 0 Å². The average Bonchev–Trinajstić information content (AvgIpc) is 2.44. The van der Waals surface area contributed by atoms with Crippen LogP contribution in [0.5, 0.6) is 0 Å². The van der Waals surface area contributed by atoms with E-state index in [1.807, 2.05) is 0 Å². The van der Waals surface area contributed by atoms with Crippen molar-refractivity contribution in [1.82, 2.24) is 9.97 Å². The molecule has 0 atom stereocenters. The van der Waals surface area contributed by atoms with Crippen molar-refractivity contribution in [3.05, 3.63) is 23.8 Å². The van der Waals surface area contributed by atoms with E-state index in [2.05, 4.69) is 9.97 Å². The van der Waals surface area contributed by atoms with Crippen LogP contribution < -0.4 is 11.5 Å². The molecule has 9 nitrogen and oxygen atoms in total. The van der Waals surface area contributed by atoms with Crippen LogP contribution in [0.1, 0.15) is 5.56 Å². The van der Waals surface area contributed by atoms with Crippen LogP contribution in [-0.2, 0) is 19.7 Å². The van der Waals surface area contributed by atoms with Gasteiger partial charge in [-0.3, -0.25) is 0 Å². The molecule has 0 bridgehead atoms. The molecule has 126 valence electrons. The highest BCUT2D eigenvalue weighted by molar-refractivity contribution is 7.91. The zero-order valence-electron chi connectivity index (χ0n) is 12.7. The lowest BCUT2D eigenvalue weighted by Crippen LogP contribution is -2.09. The monoisotopic (exact) mass is 367 g/mol. The van der Waals surface area contributed by atoms with E-state index >= 15 is 0 Å². The summed E-state index contributed by atoms with van der Waals surface area (Å²) in [5, 5.41) is 9.23. The standard InChI is InChI=1S/C13H13N5O4S2/c1-23(19,20)7-3-4-8(10(5-7)24(2,21)22)11-9(6-14)12(15)18-13(16)17-11/h3-5H,1-2H3,(H4,15,16,17,18). The number of nitrogens with zero attached hydrogens (tertiary/aromatic N) is 3. The van der Waals surface area contributed by atoms with E-state index in [0.29, 0.717) is 0 Å². The number of hydrogen-bond acceptors (Lipinski definition) is 9. The Balaban J connectivity index is 2.95. The van der Waals surface area contributed by atoms with Crippen LogP contribution in [-0.4, -0.2) is 39.3 Å². The van der Waals surface area contributed by atoms with E-state index in [0.717, 1.165) is 18.6 Å². The maximum Gasteiger partial charge on any atom is 0.222 e. The number of sulfone groups is 2. The summed E-state index contributed by atoms with van der Waals surface area (Å²) in [6.45, 7) is 0. The highest BCUT2D eigenvalue weighted by Crippen LogP contribution is 2.32. The summed E-state index contributed by atoms with van der Waals surface area (Å²) < 4.78 is 47.5. The second-order valence-corrected chi connectivity index (χ2v) is 9.00. The third-order valence-electron chi connectivity index (χ3n) is 3.10. The van der Waals surface area contributed by atoms with Crippen molar-refractivity contribution in [2.75, 3.05) is 24.0 Å². The first kappa shape index (κ1) is 17.6. The average molecular weight is 367 g/mol. The van der Waals surface area contributed by atoms with E-state index in [1.54, 1.807) is 6.07 Å². The van der Waals surface area contributed by atoms with E-state index < -0.39 is 19.7 Å². The minimum Gasteiger partial charge on any atom is -0.382 e. The zero-order chi connectivity index (χ0) is 18.3. The summed E-state index contributed by atoms with van der Waals surface area (Å²) in [6.07, 6.45) is 1.87. The van der Waals surface area contributed by atoms with E-state index in [9.17, 15) is 22.1 Å². The predicted octanol–water partition coefficient (Wildman–Crippen LogP) is -0.0133. The Kier molecular flexibility index (Phi) is 4.21. The van der Waals surface area contributed by atoms with Crippen molar-refractivity contribution >= 4 is 31.4 Å². The second-order valence-electron chi connectivity index (χ2n) is 5.00. The molecule has 0 aliphatic carbocycles. The van der Waals surface area contributed by atoms with Gasteiger partial charge in [-0.25, -0.2) is 21.8 Å². The van der Waals surface area contributed by atoms with E-state index in [4.69, 9.17) is 11.5 Å². The van der Waals surface area contributed by atoms with Crippen molar-refractivity contribution < 1.29 is 16.8 Å². The number of hydrogen-bond donors (Lipinski definition) is 2. The van der Waals surface area contributed by atoms with Gasteiger partial charge in [-0.05, 0) is 12.1 Å². The van der Waals surface area contributed by atoms with Gasteiger partial charge in [-0.2, -0.15) is 10.2 Å². The first-order valence-corrected chi connectivity index (χ1v) is 10.1. The summed E-state index contributed by atoms with van der Waals surface area (Å²) in [4.78, 5) is 7.06. The molecule has 1 heterocycles. The number of nitrogen functional groups attached to an aromatic ring is 2. The summed E-state index contributed by atoms with van der Waals surface area (Å²) in [5.74, 6) is -0.445. The second kappa shape index (κ2) is 5.73. The van der Waals surface area contributed by atoms with Crippen molar-refractivity contribution in [1.29, 1.82) is 5.26 Å². The van der Waals surface area contributed by atoms with Crippen LogP contribution >= 0.6 is 0 Å². The molecule has 2 aromatic rings. The fourth-order valence-corrected chi connectivity index (χ4v) is 3.66. The van der Waals surface area contributed by atoms with Gasteiger partial charge in [0.05, 0.1) is 15.5 Å². The topological polar surface area (TPSA) is 170 Å². The minimum atomic E-state index is -3.83. The summed E-state index contributed by atoms with van der Waals surface area (Å²) in [6, 6.07) is 5.27. The van der Waals surface area contributed by atoms with Gasteiger partial charge in [0.25, 0.3) is 0 Å². The molecule has 0 spiro atoms. The van der Waals surface area contributed by atoms with Gasteiger partial charge in [0, 0.05) is 18.1 Å².